The molecule has 3 aromatic rings. The van der Waals surface area contributed by atoms with E-state index in [0.717, 1.165) is 18.7 Å². The van der Waals surface area contributed by atoms with Crippen molar-refractivity contribution in [3.05, 3.63) is 71.1 Å². The first kappa shape index (κ1) is 18.2. The number of aromatic amines is 1. The molecular formula is C23H23N7O. The second kappa shape index (κ2) is 7.30. The third-order valence-corrected chi connectivity index (χ3v) is 6.22. The van der Waals surface area contributed by atoms with Gasteiger partial charge in [-0.3, -0.25) is 14.8 Å². The monoisotopic (exact) mass is 413 g/mol. The van der Waals surface area contributed by atoms with E-state index in [0.29, 0.717) is 28.8 Å². The van der Waals surface area contributed by atoms with Gasteiger partial charge in [-0.25, -0.2) is 10.4 Å². The van der Waals surface area contributed by atoms with Crippen LogP contribution in [0.3, 0.4) is 0 Å². The second-order valence-corrected chi connectivity index (χ2v) is 8.49. The third-order valence-electron chi connectivity index (χ3n) is 6.22. The van der Waals surface area contributed by atoms with Gasteiger partial charge in [0.2, 0.25) is 0 Å². The highest BCUT2D eigenvalue weighted by atomic mass is 16.2. The summed E-state index contributed by atoms with van der Waals surface area (Å²) in [6.45, 7) is 0.903. The van der Waals surface area contributed by atoms with E-state index in [-0.39, 0.29) is 5.91 Å². The zero-order valence-electron chi connectivity index (χ0n) is 17.1. The molecule has 2 N–H and O–H groups in total. The zero-order valence-corrected chi connectivity index (χ0v) is 17.1. The Balaban J connectivity index is 1.41. The summed E-state index contributed by atoms with van der Waals surface area (Å²) in [5, 5.41) is 4.22. The van der Waals surface area contributed by atoms with Crippen LogP contribution in [0.5, 0.6) is 0 Å². The molecule has 2 saturated carbocycles. The first-order valence-electron chi connectivity index (χ1n) is 10.8. The van der Waals surface area contributed by atoms with Crippen molar-refractivity contribution < 1.29 is 4.79 Å². The predicted molar refractivity (Wildman–Crippen MR) is 115 cm³/mol. The van der Waals surface area contributed by atoms with Crippen molar-refractivity contribution in [3.8, 4) is 0 Å². The maximum absolute atomic E-state index is 12.6. The zero-order chi connectivity index (χ0) is 20.8. The summed E-state index contributed by atoms with van der Waals surface area (Å²) in [5.74, 6) is 0.965. The molecule has 6 rings (SSSR count). The molecule has 0 aromatic carbocycles. The molecule has 4 heterocycles. The number of nitrogens with one attached hydrogen (secondary N) is 2. The van der Waals surface area contributed by atoms with Gasteiger partial charge in [0, 0.05) is 42.7 Å². The number of carbonyl (C=O) groups excluding carboxylic acids is 1. The molecule has 0 bridgehead atoms. The van der Waals surface area contributed by atoms with E-state index in [2.05, 4.69) is 35.0 Å². The highest BCUT2D eigenvalue weighted by Crippen LogP contribution is 2.49. The van der Waals surface area contributed by atoms with Gasteiger partial charge in [-0.2, -0.15) is 5.10 Å². The van der Waals surface area contributed by atoms with Crippen molar-refractivity contribution in [1.29, 1.82) is 0 Å². The molecule has 8 nitrogen and oxygen atoms in total. The molecule has 8 heteroatoms. The molecular weight excluding hydrogens is 390 g/mol. The molecule has 31 heavy (non-hydrogen) atoms. The minimum absolute atomic E-state index is 0.204. The lowest BCUT2D eigenvalue weighted by molar-refractivity contribution is -0.116. The van der Waals surface area contributed by atoms with Gasteiger partial charge in [-0.05, 0) is 61.1 Å². The van der Waals surface area contributed by atoms with E-state index in [1.807, 2.05) is 24.8 Å². The molecule has 3 aliphatic rings. The Morgan fingerprint density at radius 3 is 2.68 bits per heavy atom. The van der Waals surface area contributed by atoms with E-state index in [1.54, 1.807) is 18.6 Å². The molecule has 2 fully saturated rings. The lowest BCUT2D eigenvalue weighted by Gasteiger charge is -2.08. The smallest absolute Gasteiger partial charge is 0.273 e. The van der Waals surface area contributed by atoms with E-state index in [1.165, 1.54) is 42.5 Å². The highest BCUT2D eigenvalue weighted by Gasteiger charge is 2.36. The number of amides is 1. The average Bonchev–Trinajstić information content (AvgIpc) is 3.70. The normalized spacial score (nSPS) is 19.7. The van der Waals surface area contributed by atoms with Crippen molar-refractivity contribution in [2.24, 2.45) is 5.10 Å². The summed E-state index contributed by atoms with van der Waals surface area (Å²) in [6.07, 6.45) is 18.4. The number of nitrogens with zero attached hydrogens (tertiary/aromatic N) is 5. The van der Waals surface area contributed by atoms with Crippen LogP contribution in [-0.4, -0.2) is 36.1 Å². The van der Waals surface area contributed by atoms with E-state index < -0.39 is 0 Å². The molecule has 2 aliphatic carbocycles. The van der Waals surface area contributed by atoms with Gasteiger partial charge in [-0.15, -0.1) is 0 Å². The molecule has 3 aromatic heterocycles. The summed E-state index contributed by atoms with van der Waals surface area (Å²) >= 11 is 0. The fraction of sp³-hybridized carbons (Fsp3) is 0.348. The number of aryl methyl sites for hydroxylation is 1. The van der Waals surface area contributed by atoms with Gasteiger partial charge >= 0.3 is 0 Å². The van der Waals surface area contributed by atoms with Crippen LogP contribution in [0.4, 0.5) is 0 Å². The van der Waals surface area contributed by atoms with Crippen LogP contribution < -0.4 is 5.43 Å². The van der Waals surface area contributed by atoms with Crippen LogP contribution in [0.25, 0.3) is 6.08 Å². The standard InChI is InChI=1S/C23H23N7O/c31-23-17(22(28-29-23)19-12-24-6-7-26-19)11-18-20(14-1-2-14)16(21(27-18)15-3-4-15)5-9-30-10-8-25-13-30/h6-8,10-15,27H,1-5,9H2,(H,29,31). The topological polar surface area (TPSA) is 101 Å². The fourth-order valence-corrected chi connectivity index (χ4v) is 4.43. The van der Waals surface area contributed by atoms with Gasteiger partial charge in [0.15, 0.2) is 0 Å². The molecule has 0 unspecified atom stereocenters. The summed E-state index contributed by atoms with van der Waals surface area (Å²) in [6, 6.07) is 0. The second-order valence-electron chi connectivity index (χ2n) is 8.49. The molecule has 0 saturated heterocycles. The van der Waals surface area contributed by atoms with Crippen LogP contribution >= 0.6 is 0 Å². The van der Waals surface area contributed by atoms with Gasteiger partial charge in [-0.1, -0.05) is 0 Å². The van der Waals surface area contributed by atoms with Gasteiger partial charge in [0.25, 0.3) is 5.91 Å². The van der Waals surface area contributed by atoms with E-state index >= 15 is 0 Å². The molecule has 0 spiro atoms. The van der Waals surface area contributed by atoms with Crippen LogP contribution in [0.1, 0.15) is 65.7 Å². The minimum Gasteiger partial charge on any atom is -0.358 e. The Morgan fingerprint density at radius 1 is 1.10 bits per heavy atom. The lowest BCUT2D eigenvalue weighted by atomic mass is 9.97. The SMILES string of the molecule is O=C1NN=C(c2cnccn2)C1=Cc1[nH]c(C2CC2)c(CCn2ccnc2)c1C1CC1. The number of aromatic nitrogens is 5. The minimum atomic E-state index is -0.204. The fourth-order valence-electron chi connectivity index (χ4n) is 4.43. The first-order valence-corrected chi connectivity index (χ1v) is 10.8. The summed E-state index contributed by atoms with van der Waals surface area (Å²) in [7, 11) is 0. The molecule has 0 atom stereocenters. The van der Waals surface area contributed by atoms with E-state index in [4.69, 9.17) is 0 Å². The molecule has 1 amide bonds. The predicted octanol–water partition coefficient (Wildman–Crippen LogP) is 2.92. The summed E-state index contributed by atoms with van der Waals surface area (Å²) in [5.41, 5.74) is 9.48. The van der Waals surface area contributed by atoms with Crippen molar-refractivity contribution >= 4 is 17.7 Å². The number of hydrogen-bond acceptors (Lipinski definition) is 5. The molecule has 156 valence electrons. The Hall–Kier alpha value is -3.55. The van der Waals surface area contributed by atoms with Crippen molar-refractivity contribution in [1.82, 2.24) is 29.9 Å². The summed E-state index contributed by atoms with van der Waals surface area (Å²) < 4.78 is 2.13. The van der Waals surface area contributed by atoms with Crippen LogP contribution in [0.2, 0.25) is 0 Å². The number of carbonyl (C=O) groups is 1. The Bertz CT molecular complexity index is 1180. The van der Waals surface area contributed by atoms with Gasteiger partial charge < -0.3 is 9.55 Å². The maximum Gasteiger partial charge on any atom is 0.273 e. The number of hydrazone groups is 1. The van der Waals surface area contributed by atoms with Gasteiger partial charge in [0.05, 0.1) is 18.1 Å². The number of hydrogen-bond donors (Lipinski definition) is 2. The average molecular weight is 413 g/mol. The van der Waals surface area contributed by atoms with Crippen molar-refractivity contribution in [2.45, 2.75) is 50.5 Å². The van der Waals surface area contributed by atoms with E-state index in [9.17, 15) is 4.79 Å². The summed E-state index contributed by atoms with van der Waals surface area (Å²) in [4.78, 5) is 28.9. The number of rotatable bonds is 7. The Morgan fingerprint density at radius 2 is 1.97 bits per heavy atom. The number of imidazole rings is 1. The molecule has 1 aliphatic heterocycles. The lowest BCUT2D eigenvalue weighted by Crippen LogP contribution is -2.14. The first-order chi connectivity index (χ1) is 15.3. The largest absolute Gasteiger partial charge is 0.358 e. The Labute approximate surface area is 179 Å². The quantitative estimate of drug-likeness (QED) is 0.582. The highest BCUT2D eigenvalue weighted by molar-refractivity contribution is 6.32. The van der Waals surface area contributed by atoms with Crippen LogP contribution in [-0.2, 0) is 17.8 Å². The third kappa shape index (κ3) is 3.48. The van der Waals surface area contributed by atoms with Crippen molar-refractivity contribution in [3.63, 3.8) is 0 Å². The van der Waals surface area contributed by atoms with Gasteiger partial charge in [0.1, 0.15) is 11.4 Å². The van der Waals surface area contributed by atoms with Crippen LogP contribution in [0, 0.1) is 0 Å². The van der Waals surface area contributed by atoms with Crippen LogP contribution in [0.15, 0.2) is 48.0 Å². The van der Waals surface area contributed by atoms with Crippen molar-refractivity contribution in [2.75, 3.05) is 0 Å². The maximum atomic E-state index is 12.6. The number of H-pyrrole nitrogens is 1. The Kier molecular flexibility index (Phi) is 4.29. The molecule has 0 radical (unpaired) electrons.